The number of benzene rings is 9. The topological polar surface area (TPSA) is 7.65 Å². The molecule has 0 fully saturated rings. The fraction of sp³-hybridized carbons (Fsp3) is 0. The van der Waals surface area contributed by atoms with Crippen molar-refractivity contribution in [1.29, 1.82) is 0 Å². The van der Waals surface area contributed by atoms with Gasteiger partial charge in [-0.05, 0) is 85.6 Å². The van der Waals surface area contributed by atoms with Gasteiger partial charge in [0, 0.05) is 39.5 Å². The summed E-state index contributed by atoms with van der Waals surface area (Å²) in [7, 11) is 0. The second-order valence-electron chi connectivity index (χ2n) is 14.5. The molecule has 56 heavy (non-hydrogen) atoms. The van der Waals surface area contributed by atoms with Crippen LogP contribution in [0.3, 0.4) is 0 Å². The van der Waals surface area contributed by atoms with Crippen LogP contribution in [0.25, 0.3) is 82.1 Å². The van der Waals surface area contributed by atoms with Gasteiger partial charge in [-0.15, -0.1) is 0 Å². The number of anilines is 3. The molecule has 262 valence electrons. The van der Waals surface area contributed by atoms with Gasteiger partial charge in [-0.2, -0.15) is 0 Å². The molecule has 9 aromatic carbocycles. The maximum absolute atomic E-state index is 2.42. The molecule has 0 radical (unpaired) electrons. The molecule has 0 saturated heterocycles. The Hall–Kier alpha value is -7.42. The van der Waals surface area contributed by atoms with Crippen molar-refractivity contribution in [2.45, 2.75) is 0 Å². The van der Waals surface area contributed by atoms with Crippen LogP contribution in [0, 0.1) is 0 Å². The molecule has 2 heterocycles. The summed E-state index contributed by atoms with van der Waals surface area (Å²) in [5, 5.41) is 8.63. The summed E-state index contributed by atoms with van der Waals surface area (Å²) < 4.78 is 2.41. The molecule has 11 rings (SSSR count). The highest BCUT2D eigenvalue weighted by atomic mass is 15.1. The third-order valence-corrected chi connectivity index (χ3v) is 11.3. The van der Waals surface area contributed by atoms with Gasteiger partial charge in [-0.1, -0.05) is 176 Å². The van der Waals surface area contributed by atoms with Crippen LogP contribution in [0.15, 0.2) is 219 Å². The van der Waals surface area contributed by atoms with Crippen molar-refractivity contribution in [3.63, 3.8) is 0 Å². The van der Waals surface area contributed by atoms with Crippen molar-refractivity contribution in [3.05, 3.63) is 219 Å². The van der Waals surface area contributed by atoms with Crippen LogP contribution in [-0.2, 0) is 0 Å². The van der Waals surface area contributed by atoms with Gasteiger partial charge >= 0.3 is 0 Å². The second kappa shape index (κ2) is 13.2. The first kappa shape index (κ1) is 32.0. The summed E-state index contributed by atoms with van der Waals surface area (Å²) >= 11 is 0. The number of nitrogens with zero attached hydrogens (tertiary/aromatic N) is 2. The van der Waals surface area contributed by atoms with E-state index in [1.54, 1.807) is 0 Å². The lowest BCUT2D eigenvalue weighted by Gasteiger charge is -2.28. The van der Waals surface area contributed by atoms with Crippen LogP contribution in [0.2, 0.25) is 0 Å². The van der Waals surface area contributed by atoms with Crippen LogP contribution in [0.4, 0.5) is 17.1 Å². The number of hydrogen-bond donors (Lipinski definition) is 0. The molecule has 2 heteroatoms. The van der Waals surface area contributed by atoms with Gasteiger partial charge in [-0.25, -0.2) is 0 Å². The fourth-order valence-electron chi connectivity index (χ4n) is 8.79. The van der Waals surface area contributed by atoms with E-state index in [4.69, 9.17) is 0 Å². The van der Waals surface area contributed by atoms with Gasteiger partial charge in [0.1, 0.15) is 0 Å². The zero-order chi connectivity index (χ0) is 37.0. The van der Waals surface area contributed by atoms with Crippen LogP contribution in [0.1, 0.15) is 0 Å². The highest BCUT2D eigenvalue weighted by molar-refractivity contribution is 6.17. The minimum absolute atomic E-state index is 1.10. The molecule has 11 aromatic rings. The van der Waals surface area contributed by atoms with E-state index in [9.17, 15) is 0 Å². The molecule has 0 aliphatic rings. The highest BCUT2D eigenvalue weighted by Crippen LogP contribution is 2.46. The molecular weight excluding hydrogens is 677 g/mol. The summed E-state index contributed by atoms with van der Waals surface area (Å²) in [5.74, 6) is 0. The van der Waals surface area contributed by atoms with E-state index < -0.39 is 0 Å². The van der Waals surface area contributed by atoms with Gasteiger partial charge in [0.15, 0.2) is 0 Å². The largest absolute Gasteiger partial charge is 0.315 e. The van der Waals surface area contributed by atoms with Crippen LogP contribution in [-0.4, -0.2) is 4.40 Å². The standard InChI is InChI=1S/C54H36N2/c1-3-15-37(16-4-1)38-27-31-43(32-28-38)56(51-35-41-19-7-9-21-45(41)47-23-11-12-24-48(47)51)44-33-29-40(30-34-44)52-46-22-10-8-20-42(46)36-55-50-26-14-13-25-49(50)53(54(52)55)39-17-5-2-6-18-39/h1-36H. The van der Waals surface area contributed by atoms with Crippen LogP contribution < -0.4 is 4.90 Å². The Bertz CT molecular complexity index is 3210. The minimum atomic E-state index is 1.10. The fourth-order valence-corrected chi connectivity index (χ4v) is 8.79. The summed E-state index contributed by atoms with van der Waals surface area (Å²) in [6, 6.07) is 77.2. The first-order valence-corrected chi connectivity index (χ1v) is 19.3. The van der Waals surface area contributed by atoms with Gasteiger partial charge in [-0.3, -0.25) is 0 Å². The summed E-state index contributed by atoms with van der Waals surface area (Å²) in [6.45, 7) is 0. The lowest BCUT2D eigenvalue weighted by Crippen LogP contribution is -2.10. The number of aromatic nitrogens is 1. The molecule has 0 bridgehead atoms. The van der Waals surface area contributed by atoms with Gasteiger partial charge < -0.3 is 9.30 Å². The zero-order valence-corrected chi connectivity index (χ0v) is 30.7. The molecule has 2 nitrogen and oxygen atoms in total. The molecule has 2 aromatic heterocycles. The third kappa shape index (κ3) is 5.19. The molecule has 0 amide bonds. The molecule has 0 saturated carbocycles. The quantitative estimate of drug-likeness (QED) is 0.156. The van der Waals surface area contributed by atoms with Gasteiger partial charge in [0.05, 0.1) is 16.7 Å². The number of pyridine rings is 1. The minimum Gasteiger partial charge on any atom is -0.315 e. The van der Waals surface area contributed by atoms with Crippen molar-refractivity contribution >= 4 is 65.8 Å². The average molecular weight is 713 g/mol. The maximum Gasteiger partial charge on any atom is 0.0625 e. The van der Waals surface area contributed by atoms with E-state index in [2.05, 4.69) is 228 Å². The van der Waals surface area contributed by atoms with Gasteiger partial charge in [0.25, 0.3) is 0 Å². The van der Waals surface area contributed by atoms with Gasteiger partial charge in [0.2, 0.25) is 0 Å². The van der Waals surface area contributed by atoms with E-state index in [1.165, 1.54) is 82.1 Å². The average Bonchev–Trinajstić information content (AvgIpc) is 3.60. The predicted octanol–water partition coefficient (Wildman–Crippen LogP) is 15.0. The summed E-state index contributed by atoms with van der Waals surface area (Å²) in [4.78, 5) is 2.42. The van der Waals surface area contributed by atoms with Crippen molar-refractivity contribution < 1.29 is 0 Å². The van der Waals surface area contributed by atoms with E-state index in [0.717, 1.165) is 17.1 Å². The Labute approximate surface area is 325 Å². The monoisotopic (exact) mass is 712 g/mol. The molecular formula is C54H36N2. The Balaban J connectivity index is 1.15. The van der Waals surface area contributed by atoms with Crippen molar-refractivity contribution in [1.82, 2.24) is 4.40 Å². The van der Waals surface area contributed by atoms with Crippen molar-refractivity contribution in [2.75, 3.05) is 4.90 Å². The molecule has 0 aliphatic heterocycles. The Morgan fingerprint density at radius 3 is 1.48 bits per heavy atom. The first-order chi connectivity index (χ1) is 27.8. The zero-order valence-electron chi connectivity index (χ0n) is 30.7. The van der Waals surface area contributed by atoms with E-state index >= 15 is 0 Å². The van der Waals surface area contributed by atoms with Crippen molar-refractivity contribution in [3.8, 4) is 33.4 Å². The molecule has 0 spiro atoms. The second-order valence-corrected chi connectivity index (χ2v) is 14.5. The predicted molar refractivity (Wildman–Crippen MR) is 238 cm³/mol. The van der Waals surface area contributed by atoms with Crippen LogP contribution >= 0.6 is 0 Å². The molecule has 0 N–H and O–H groups in total. The number of para-hydroxylation sites is 1. The molecule has 0 aliphatic carbocycles. The maximum atomic E-state index is 2.42. The smallest absolute Gasteiger partial charge is 0.0625 e. The van der Waals surface area contributed by atoms with Crippen molar-refractivity contribution in [2.24, 2.45) is 0 Å². The number of fused-ring (bicyclic) bond motifs is 7. The Kier molecular flexibility index (Phi) is 7.53. The highest BCUT2D eigenvalue weighted by Gasteiger charge is 2.22. The van der Waals surface area contributed by atoms with Crippen LogP contribution in [0.5, 0.6) is 0 Å². The Morgan fingerprint density at radius 2 is 0.786 bits per heavy atom. The van der Waals surface area contributed by atoms with E-state index in [0.29, 0.717) is 0 Å². The number of rotatable bonds is 6. The molecule has 0 atom stereocenters. The molecule has 0 unspecified atom stereocenters. The lowest BCUT2D eigenvalue weighted by atomic mass is 9.94. The van der Waals surface area contributed by atoms with E-state index in [1.807, 2.05) is 0 Å². The number of hydrogen-bond acceptors (Lipinski definition) is 1. The van der Waals surface area contributed by atoms with E-state index in [-0.39, 0.29) is 0 Å². The summed E-state index contributed by atoms with van der Waals surface area (Å²) in [6.07, 6.45) is 2.31. The third-order valence-electron chi connectivity index (χ3n) is 11.3. The SMILES string of the molecule is c1ccc(-c2ccc(N(c3ccc(-c4c5ccccc5cn5c4c(-c4ccccc4)c4ccccc45)cc3)c3cc4ccccc4c4ccccc34)cc2)cc1. The summed E-state index contributed by atoms with van der Waals surface area (Å²) in [5.41, 5.74) is 13.1. The lowest BCUT2D eigenvalue weighted by molar-refractivity contribution is 1.28. The first-order valence-electron chi connectivity index (χ1n) is 19.3. The normalized spacial score (nSPS) is 11.6. The Morgan fingerprint density at radius 1 is 0.321 bits per heavy atom.